The van der Waals surface area contributed by atoms with Gasteiger partial charge in [-0.1, -0.05) is 12.1 Å². The number of benzene rings is 1. The van der Waals surface area contributed by atoms with Gasteiger partial charge >= 0.3 is 0 Å². The van der Waals surface area contributed by atoms with Crippen molar-refractivity contribution in [3.05, 3.63) is 35.6 Å². The Morgan fingerprint density at radius 2 is 1.94 bits per heavy atom. The Hall–Kier alpha value is -1.42. The van der Waals surface area contributed by atoms with Crippen molar-refractivity contribution in [3.8, 4) is 0 Å². The third-order valence-electron chi connectivity index (χ3n) is 3.93. The maximum atomic E-state index is 12.9. The van der Waals surface area contributed by atoms with Gasteiger partial charge < -0.3 is 10.6 Å². The maximum Gasteiger partial charge on any atom is 0.242 e. The second kappa shape index (κ2) is 4.69. The monoisotopic (exact) mass is 250 g/mol. The van der Waals surface area contributed by atoms with Crippen LogP contribution in [0.15, 0.2) is 24.3 Å². The summed E-state index contributed by atoms with van der Waals surface area (Å²) in [7, 11) is 1.75. The Labute approximate surface area is 107 Å². The first-order valence-electron chi connectivity index (χ1n) is 6.26. The van der Waals surface area contributed by atoms with E-state index in [4.69, 9.17) is 5.73 Å². The largest absolute Gasteiger partial charge is 0.337 e. The summed E-state index contributed by atoms with van der Waals surface area (Å²) in [6.07, 6.45) is 2.53. The predicted molar refractivity (Wildman–Crippen MR) is 68.4 cm³/mol. The van der Waals surface area contributed by atoms with Gasteiger partial charge in [0.05, 0.1) is 11.6 Å². The average Bonchev–Trinajstić information content (AvgIpc) is 2.34. The number of nitrogens with two attached hydrogens (primary N) is 1. The highest BCUT2D eigenvalue weighted by Crippen LogP contribution is 2.33. The molecule has 0 aromatic heterocycles. The molecule has 0 bridgehead atoms. The summed E-state index contributed by atoms with van der Waals surface area (Å²) in [5, 5.41) is 0. The number of nitrogens with zero attached hydrogens (tertiary/aromatic N) is 1. The summed E-state index contributed by atoms with van der Waals surface area (Å²) in [5.41, 5.74) is 6.27. The molecule has 0 aliphatic heterocycles. The topological polar surface area (TPSA) is 46.3 Å². The summed E-state index contributed by atoms with van der Waals surface area (Å²) in [5.74, 6) is -0.292. The number of carbonyl (C=O) groups is 1. The quantitative estimate of drug-likeness (QED) is 0.894. The molecule has 1 aromatic rings. The fraction of sp³-hybridized carbons (Fsp3) is 0.500. The number of likely N-dealkylation sites (N-methyl/N-ethyl adjacent to an activating group) is 1. The van der Waals surface area contributed by atoms with Crippen molar-refractivity contribution in [3.63, 3.8) is 0 Å². The van der Waals surface area contributed by atoms with Crippen molar-refractivity contribution in [2.75, 3.05) is 7.05 Å². The fourth-order valence-corrected chi connectivity index (χ4v) is 2.26. The van der Waals surface area contributed by atoms with E-state index < -0.39 is 5.54 Å². The number of halogens is 1. The second-order valence-corrected chi connectivity index (χ2v) is 5.15. The van der Waals surface area contributed by atoms with Gasteiger partial charge in [-0.2, -0.15) is 0 Å². The Bertz CT molecular complexity index is 440. The molecule has 2 N–H and O–H groups in total. The van der Waals surface area contributed by atoms with Gasteiger partial charge in [0.2, 0.25) is 5.91 Å². The molecule has 0 heterocycles. The van der Waals surface area contributed by atoms with Gasteiger partial charge in [-0.25, -0.2) is 4.39 Å². The van der Waals surface area contributed by atoms with Crippen molar-refractivity contribution in [2.45, 2.75) is 37.8 Å². The molecule has 4 heteroatoms. The number of carbonyl (C=O) groups excluding carboxylic acids is 1. The minimum Gasteiger partial charge on any atom is -0.337 e. The van der Waals surface area contributed by atoms with Crippen molar-refractivity contribution in [1.29, 1.82) is 0 Å². The highest BCUT2D eigenvalue weighted by Gasteiger charge is 2.42. The standard InChI is InChI=1S/C14H19FN2O/c1-10(11-4-6-12(15)7-5-11)17(2)13(18)14(16)8-3-9-14/h4-7,10H,3,8-9,16H2,1-2H3. The van der Waals surface area contributed by atoms with Gasteiger partial charge in [0.1, 0.15) is 5.82 Å². The molecule has 1 amide bonds. The van der Waals surface area contributed by atoms with Crippen LogP contribution in [0.5, 0.6) is 0 Å². The van der Waals surface area contributed by atoms with Crippen LogP contribution in [0.3, 0.4) is 0 Å². The Morgan fingerprint density at radius 1 is 1.39 bits per heavy atom. The van der Waals surface area contributed by atoms with E-state index in [0.717, 1.165) is 24.8 Å². The molecule has 2 rings (SSSR count). The molecule has 1 atom stereocenters. The molecule has 3 nitrogen and oxygen atoms in total. The van der Waals surface area contributed by atoms with E-state index in [1.165, 1.54) is 12.1 Å². The second-order valence-electron chi connectivity index (χ2n) is 5.15. The zero-order valence-corrected chi connectivity index (χ0v) is 10.8. The molecule has 18 heavy (non-hydrogen) atoms. The first-order chi connectivity index (χ1) is 8.44. The first kappa shape index (κ1) is 13.0. The molecular formula is C14H19FN2O. The van der Waals surface area contributed by atoms with E-state index in [0.29, 0.717) is 0 Å². The summed E-state index contributed by atoms with van der Waals surface area (Å²) in [4.78, 5) is 13.9. The molecule has 98 valence electrons. The third kappa shape index (κ3) is 2.25. The average molecular weight is 250 g/mol. The lowest BCUT2D eigenvalue weighted by atomic mass is 9.76. The molecule has 1 aliphatic rings. The number of rotatable bonds is 3. The maximum absolute atomic E-state index is 12.9. The smallest absolute Gasteiger partial charge is 0.242 e. The van der Waals surface area contributed by atoms with Gasteiger partial charge in [-0.15, -0.1) is 0 Å². The summed E-state index contributed by atoms with van der Waals surface area (Å²) >= 11 is 0. The molecule has 1 unspecified atom stereocenters. The van der Waals surface area contributed by atoms with Crippen molar-refractivity contribution >= 4 is 5.91 Å². The van der Waals surface area contributed by atoms with E-state index in [-0.39, 0.29) is 17.8 Å². The minimum atomic E-state index is -0.678. The van der Waals surface area contributed by atoms with Crippen molar-refractivity contribution in [1.82, 2.24) is 4.90 Å². The predicted octanol–water partition coefficient (Wildman–Crippen LogP) is 2.23. The molecular weight excluding hydrogens is 231 g/mol. The van der Waals surface area contributed by atoms with Gasteiger partial charge in [0.25, 0.3) is 0 Å². The van der Waals surface area contributed by atoms with Gasteiger partial charge in [0.15, 0.2) is 0 Å². The van der Waals surface area contributed by atoms with Crippen LogP contribution in [-0.2, 0) is 4.79 Å². The van der Waals surface area contributed by atoms with Crippen LogP contribution in [0.1, 0.15) is 37.8 Å². The zero-order valence-electron chi connectivity index (χ0n) is 10.8. The lowest BCUT2D eigenvalue weighted by Crippen LogP contribution is -2.59. The SMILES string of the molecule is CC(c1ccc(F)cc1)N(C)C(=O)C1(N)CCC1. The summed E-state index contributed by atoms with van der Waals surface area (Å²) < 4.78 is 12.9. The molecule has 0 saturated heterocycles. The van der Waals surface area contributed by atoms with Crippen LogP contribution in [0.4, 0.5) is 4.39 Å². The Balaban J connectivity index is 2.10. The van der Waals surface area contributed by atoms with E-state index in [9.17, 15) is 9.18 Å². The summed E-state index contributed by atoms with van der Waals surface area (Å²) in [6, 6.07) is 6.12. The molecule has 0 spiro atoms. The molecule has 1 saturated carbocycles. The van der Waals surface area contributed by atoms with Crippen LogP contribution in [0, 0.1) is 5.82 Å². The van der Waals surface area contributed by atoms with Crippen LogP contribution in [0.25, 0.3) is 0 Å². The normalized spacial score (nSPS) is 18.9. The Kier molecular flexibility index (Phi) is 3.39. The lowest BCUT2D eigenvalue weighted by molar-refractivity contribution is -0.140. The Morgan fingerprint density at radius 3 is 2.39 bits per heavy atom. The number of hydrogen-bond donors (Lipinski definition) is 1. The molecule has 1 fully saturated rings. The van der Waals surface area contributed by atoms with Crippen LogP contribution in [0.2, 0.25) is 0 Å². The molecule has 1 aromatic carbocycles. The van der Waals surface area contributed by atoms with Gasteiger partial charge in [-0.05, 0) is 43.9 Å². The van der Waals surface area contributed by atoms with E-state index >= 15 is 0 Å². The minimum absolute atomic E-state index is 0.0226. The molecule has 1 aliphatic carbocycles. The number of hydrogen-bond acceptors (Lipinski definition) is 2. The first-order valence-corrected chi connectivity index (χ1v) is 6.26. The lowest BCUT2D eigenvalue weighted by Gasteiger charge is -2.41. The van der Waals surface area contributed by atoms with E-state index in [2.05, 4.69) is 0 Å². The van der Waals surface area contributed by atoms with Gasteiger partial charge in [-0.3, -0.25) is 4.79 Å². The van der Waals surface area contributed by atoms with Crippen molar-refractivity contribution < 1.29 is 9.18 Å². The molecule has 0 radical (unpaired) electrons. The van der Waals surface area contributed by atoms with Crippen molar-refractivity contribution in [2.24, 2.45) is 5.73 Å². The fourth-order valence-electron chi connectivity index (χ4n) is 2.26. The van der Waals surface area contributed by atoms with E-state index in [1.807, 2.05) is 6.92 Å². The number of amides is 1. The highest BCUT2D eigenvalue weighted by molar-refractivity contribution is 5.87. The third-order valence-corrected chi connectivity index (χ3v) is 3.93. The summed E-state index contributed by atoms with van der Waals surface area (Å²) in [6.45, 7) is 1.92. The van der Waals surface area contributed by atoms with Gasteiger partial charge in [0, 0.05) is 7.05 Å². The zero-order chi connectivity index (χ0) is 13.3. The van der Waals surface area contributed by atoms with Crippen LogP contribution < -0.4 is 5.73 Å². The highest BCUT2D eigenvalue weighted by atomic mass is 19.1. The van der Waals surface area contributed by atoms with Crippen LogP contribution >= 0.6 is 0 Å². The van der Waals surface area contributed by atoms with Crippen LogP contribution in [-0.4, -0.2) is 23.4 Å². The van der Waals surface area contributed by atoms with E-state index in [1.54, 1.807) is 24.1 Å².